The Kier molecular flexibility index (Phi) is 5.87. The van der Waals surface area contributed by atoms with Crippen LogP contribution in [0.15, 0.2) is 0 Å². The first-order valence-electron chi connectivity index (χ1n) is 6.11. The second-order valence-corrected chi connectivity index (χ2v) is 4.35. The number of carbonyl (C=O) groups excluding carboxylic acids is 2. The molecule has 4 N–H and O–H groups in total. The van der Waals surface area contributed by atoms with Gasteiger partial charge in [0.05, 0.1) is 19.3 Å². The summed E-state index contributed by atoms with van der Waals surface area (Å²) in [6, 6.07) is -1.30. The van der Waals surface area contributed by atoms with Crippen LogP contribution in [0.25, 0.3) is 0 Å². The van der Waals surface area contributed by atoms with Crippen LogP contribution in [-0.4, -0.2) is 60.4 Å². The molecule has 0 radical (unpaired) electrons. The highest BCUT2D eigenvalue weighted by molar-refractivity contribution is 5.86. The highest BCUT2D eigenvalue weighted by Crippen LogP contribution is 2.14. The van der Waals surface area contributed by atoms with Crippen LogP contribution in [0.4, 0.5) is 4.79 Å². The molecule has 1 aliphatic heterocycles. The second-order valence-electron chi connectivity index (χ2n) is 4.35. The number of ether oxygens (including phenoxy) is 1. The maximum absolute atomic E-state index is 11.9. The Morgan fingerprint density at radius 2 is 2.11 bits per heavy atom. The van der Waals surface area contributed by atoms with E-state index in [4.69, 9.17) is 15.6 Å². The third kappa shape index (κ3) is 4.50. The summed E-state index contributed by atoms with van der Waals surface area (Å²) in [5.41, 5.74) is 4.97. The molecule has 0 spiro atoms. The maximum Gasteiger partial charge on any atom is 0.312 e. The lowest BCUT2D eigenvalue weighted by molar-refractivity contribution is -0.135. The zero-order valence-corrected chi connectivity index (χ0v) is 10.6. The molecule has 18 heavy (non-hydrogen) atoms. The van der Waals surface area contributed by atoms with Crippen molar-refractivity contribution >= 4 is 11.9 Å². The molecule has 0 aromatic rings. The van der Waals surface area contributed by atoms with Crippen molar-refractivity contribution in [3.05, 3.63) is 0 Å². The fourth-order valence-electron chi connectivity index (χ4n) is 2.01. The van der Waals surface area contributed by atoms with Crippen LogP contribution in [-0.2, 0) is 9.53 Å². The standard InChI is InChI=1S/C11H21N3O4/c1-8(13-11(12)17)10(16)14-4-2-9(3-5-14)18-7-6-15/h8-9,15H,2-7H2,1H3,(H3,12,13,17). The Bertz CT molecular complexity index is 290. The van der Waals surface area contributed by atoms with Gasteiger partial charge in [-0.2, -0.15) is 0 Å². The van der Waals surface area contributed by atoms with Gasteiger partial charge in [-0.05, 0) is 19.8 Å². The van der Waals surface area contributed by atoms with Crippen molar-refractivity contribution in [3.8, 4) is 0 Å². The summed E-state index contributed by atoms with van der Waals surface area (Å²) in [6.07, 6.45) is 1.59. The summed E-state index contributed by atoms with van der Waals surface area (Å²) >= 11 is 0. The van der Waals surface area contributed by atoms with Crippen LogP contribution in [0.3, 0.4) is 0 Å². The highest BCUT2D eigenvalue weighted by Gasteiger charge is 2.26. The van der Waals surface area contributed by atoms with Crippen LogP contribution in [0.2, 0.25) is 0 Å². The van der Waals surface area contributed by atoms with Crippen molar-refractivity contribution in [2.45, 2.75) is 31.9 Å². The number of rotatable bonds is 5. The Hall–Kier alpha value is -1.34. The van der Waals surface area contributed by atoms with Crippen LogP contribution < -0.4 is 11.1 Å². The largest absolute Gasteiger partial charge is 0.394 e. The molecule has 0 bridgehead atoms. The molecule has 7 heteroatoms. The number of urea groups is 1. The van der Waals surface area contributed by atoms with Gasteiger partial charge in [0, 0.05) is 13.1 Å². The Morgan fingerprint density at radius 3 is 2.61 bits per heavy atom. The minimum Gasteiger partial charge on any atom is -0.394 e. The summed E-state index contributed by atoms with van der Waals surface area (Å²) in [6.45, 7) is 3.15. The van der Waals surface area contributed by atoms with E-state index in [2.05, 4.69) is 5.32 Å². The van der Waals surface area contributed by atoms with Crippen molar-refractivity contribution in [1.29, 1.82) is 0 Å². The molecular formula is C11H21N3O4. The number of hydrogen-bond acceptors (Lipinski definition) is 4. The number of nitrogens with two attached hydrogens (primary N) is 1. The van der Waals surface area contributed by atoms with Crippen LogP contribution in [0.1, 0.15) is 19.8 Å². The van der Waals surface area contributed by atoms with Gasteiger partial charge in [-0.25, -0.2) is 4.79 Å². The van der Waals surface area contributed by atoms with E-state index < -0.39 is 12.1 Å². The van der Waals surface area contributed by atoms with Gasteiger partial charge in [-0.1, -0.05) is 0 Å². The van der Waals surface area contributed by atoms with E-state index in [1.165, 1.54) is 0 Å². The zero-order valence-electron chi connectivity index (χ0n) is 10.6. The van der Waals surface area contributed by atoms with Gasteiger partial charge in [-0.15, -0.1) is 0 Å². The van der Waals surface area contributed by atoms with Gasteiger partial charge in [0.2, 0.25) is 5.91 Å². The smallest absolute Gasteiger partial charge is 0.312 e. The number of nitrogens with one attached hydrogen (secondary N) is 1. The molecule has 7 nitrogen and oxygen atoms in total. The number of hydrogen-bond donors (Lipinski definition) is 3. The summed E-state index contributed by atoms with van der Waals surface area (Å²) in [5.74, 6) is -0.130. The van der Waals surface area contributed by atoms with Crippen molar-refractivity contribution in [2.24, 2.45) is 5.73 Å². The average Bonchev–Trinajstić information content (AvgIpc) is 2.35. The molecule has 1 heterocycles. The van der Waals surface area contributed by atoms with Crippen molar-refractivity contribution in [2.75, 3.05) is 26.3 Å². The monoisotopic (exact) mass is 259 g/mol. The number of aliphatic hydroxyl groups excluding tert-OH is 1. The van der Waals surface area contributed by atoms with Crippen LogP contribution >= 0.6 is 0 Å². The minimum atomic E-state index is -0.697. The molecule has 1 fully saturated rings. The molecule has 1 atom stereocenters. The summed E-state index contributed by atoms with van der Waals surface area (Å²) in [7, 11) is 0. The van der Waals surface area contributed by atoms with Gasteiger partial charge in [0.1, 0.15) is 6.04 Å². The van der Waals surface area contributed by atoms with Crippen molar-refractivity contribution in [3.63, 3.8) is 0 Å². The SMILES string of the molecule is CC(NC(N)=O)C(=O)N1CCC(OCCO)CC1. The van der Waals surface area contributed by atoms with E-state index in [9.17, 15) is 9.59 Å². The summed E-state index contributed by atoms with van der Waals surface area (Å²) in [4.78, 5) is 24.3. The highest BCUT2D eigenvalue weighted by atomic mass is 16.5. The number of carbonyl (C=O) groups is 2. The van der Waals surface area contributed by atoms with E-state index in [0.29, 0.717) is 19.7 Å². The molecule has 1 unspecified atom stereocenters. The van der Waals surface area contributed by atoms with E-state index in [1.54, 1.807) is 11.8 Å². The lowest BCUT2D eigenvalue weighted by atomic mass is 10.1. The molecular weight excluding hydrogens is 238 g/mol. The average molecular weight is 259 g/mol. The normalized spacial score (nSPS) is 18.4. The molecule has 3 amide bonds. The quantitative estimate of drug-likeness (QED) is 0.591. The van der Waals surface area contributed by atoms with Gasteiger partial charge >= 0.3 is 6.03 Å². The number of amides is 3. The lowest BCUT2D eigenvalue weighted by Gasteiger charge is -2.33. The molecule has 1 rings (SSSR count). The lowest BCUT2D eigenvalue weighted by Crippen LogP contribution is -2.51. The first-order valence-corrected chi connectivity index (χ1v) is 6.11. The molecule has 0 aliphatic carbocycles. The predicted octanol–water partition coefficient (Wildman–Crippen LogP) is -0.957. The molecule has 1 saturated heterocycles. The van der Waals surface area contributed by atoms with E-state index in [1.807, 2.05) is 0 Å². The van der Waals surface area contributed by atoms with E-state index in [0.717, 1.165) is 12.8 Å². The molecule has 0 aromatic carbocycles. The number of likely N-dealkylation sites (tertiary alicyclic amines) is 1. The first kappa shape index (κ1) is 14.7. The van der Waals surface area contributed by atoms with Gasteiger partial charge < -0.3 is 25.8 Å². The predicted molar refractivity (Wildman–Crippen MR) is 64.8 cm³/mol. The van der Waals surface area contributed by atoms with Crippen LogP contribution in [0.5, 0.6) is 0 Å². The van der Waals surface area contributed by atoms with Crippen LogP contribution in [0, 0.1) is 0 Å². The van der Waals surface area contributed by atoms with Crippen molar-refractivity contribution < 1.29 is 19.4 Å². The van der Waals surface area contributed by atoms with E-state index >= 15 is 0 Å². The molecule has 0 aromatic heterocycles. The Balaban J connectivity index is 2.33. The third-order valence-electron chi connectivity index (χ3n) is 2.93. The van der Waals surface area contributed by atoms with Crippen molar-refractivity contribution in [1.82, 2.24) is 10.2 Å². The Morgan fingerprint density at radius 1 is 1.50 bits per heavy atom. The van der Waals surface area contributed by atoms with Gasteiger partial charge in [0.25, 0.3) is 0 Å². The number of primary amides is 1. The summed E-state index contributed by atoms with van der Waals surface area (Å²) in [5, 5.41) is 11.0. The molecule has 1 aliphatic rings. The number of aliphatic hydroxyl groups is 1. The molecule has 104 valence electrons. The fourth-order valence-corrected chi connectivity index (χ4v) is 2.01. The van der Waals surface area contributed by atoms with E-state index in [-0.39, 0.29) is 18.6 Å². The first-order chi connectivity index (χ1) is 8.54. The van der Waals surface area contributed by atoms with Gasteiger partial charge in [-0.3, -0.25) is 4.79 Å². The third-order valence-corrected chi connectivity index (χ3v) is 2.93. The maximum atomic E-state index is 11.9. The summed E-state index contributed by atoms with van der Waals surface area (Å²) < 4.78 is 5.41. The number of piperidine rings is 1. The minimum absolute atomic E-state index is 0.0126. The Labute approximate surface area is 106 Å². The topological polar surface area (TPSA) is 105 Å². The zero-order chi connectivity index (χ0) is 13.5. The van der Waals surface area contributed by atoms with Gasteiger partial charge in [0.15, 0.2) is 0 Å². The molecule has 0 saturated carbocycles. The fraction of sp³-hybridized carbons (Fsp3) is 0.818. The number of nitrogens with zero attached hydrogens (tertiary/aromatic N) is 1. The second kappa shape index (κ2) is 7.17.